The number of methoxy groups -OCH3 is 2. The minimum Gasteiger partial charge on any atom is -0.382 e. The third-order valence-corrected chi connectivity index (χ3v) is 5.45. The van der Waals surface area contributed by atoms with Crippen molar-refractivity contribution in [3.63, 3.8) is 0 Å². The quantitative estimate of drug-likeness (QED) is 0.273. The van der Waals surface area contributed by atoms with Gasteiger partial charge in [0.25, 0.3) is 0 Å². The topological polar surface area (TPSA) is 54.0 Å². The van der Waals surface area contributed by atoms with Crippen LogP contribution in [0.15, 0.2) is 0 Å². The Kier molecular flexibility index (Phi) is 5.45. The molecule has 1 aliphatic rings. The van der Waals surface area contributed by atoms with Gasteiger partial charge in [-0.25, -0.2) is 4.79 Å². The number of carbonyl (C=O) groups is 1. The summed E-state index contributed by atoms with van der Waals surface area (Å²) in [6.07, 6.45) is 1.89. The van der Waals surface area contributed by atoms with E-state index in [0.717, 1.165) is 23.1 Å². The van der Waals surface area contributed by atoms with Crippen LogP contribution < -0.4 is 0 Å². The molecule has 1 fully saturated rings. The van der Waals surface area contributed by atoms with E-state index in [4.69, 9.17) is 9.47 Å². The molecular formula is C10H20O5SSi. The van der Waals surface area contributed by atoms with Crippen LogP contribution in [0.2, 0.25) is 6.04 Å². The summed E-state index contributed by atoms with van der Waals surface area (Å²) in [4.78, 5) is 20.5. The van der Waals surface area contributed by atoms with Crippen LogP contribution in [-0.2, 0) is 24.0 Å². The predicted octanol–water partition coefficient (Wildman–Crippen LogP) is 0.130. The van der Waals surface area contributed by atoms with Crippen LogP contribution in [0, 0.1) is 0 Å². The number of hydrogen-bond donors (Lipinski definition) is 0. The summed E-state index contributed by atoms with van der Waals surface area (Å²) >= 11 is 1.46. The van der Waals surface area contributed by atoms with Gasteiger partial charge in [-0.15, -0.1) is 11.8 Å². The summed E-state index contributed by atoms with van der Waals surface area (Å²) in [6, 6.07) is 1.19. The summed E-state index contributed by atoms with van der Waals surface area (Å²) < 4.78 is 9.88. The van der Waals surface area contributed by atoms with Gasteiger partial charge in [0.15, 0.2) is 4.75 Å². The van der Waals surface area contributed by atoms with Crippen LogP contribution in [0.4, 0.5) is 0 Å². The second-order valence-corrected chi connectivity index (χ2v) is 6.52. The minimum absolute atomic E-state index is 0.273. The molecule has 1 rings (SSSR count). The molecule has 100 valence electrons. The third kappa shape index (κ3) is 2.68. The SMILES string of the molecule is COCC1(C(=O)OOC)SC1(CCC[SiH3])OC. The number of ether oxygens (including phenoxy) is 2. The van der Waals surface area contributed by atoms with E-state index < -0.39 is 15.6 Å². The molecule has 17 heavy (non-hydrogen) atoms. The van der Waals surface area contributed by atoms with Crippen molar-refractivity contribution in [2.45, 2.75) is 28.6 Å². The first kappa shape index (κ1) is 15.0. The molecular weight excluding hydrogens is 260 g/mol. The van der Waals surface area contributed by atoms with Gasteiger partial charge in [0.1, 0.15) is 4.93 Å². The zero-order valence-corrected chi connectivity index (χ0v) is 13.6. The van der Waals surface area contributed by atoms with Crippen molar-refractivity contribution < 1.29 is 24.0 Å². The first-order valence-electron chi connectivity index (χ1n) is 5.61. The summed E-state index contributed by atoms with van der Waals surface area (Å²) in [5, 5.41) is 0. The molecule has 0 radical (unpaired) electrons. The molecule has 1 saturated heterocycles. The Labute approximate surface area is 109 Å². The number of rotatable bonds is 8. The van der Waals surface area contributed by atoms with Crippen LogP contribution in [0.1, 0.15) is 12.8 Å². The fourth-order valence-electron chi connectivity index (χ4n) is 1.97. The smallest absolute Gasteiger partial charge is 0.364 e. The highest BCUT2D eigenvalue weighted by Gasteiger charge is 2.76. The lowest BCUT2D eigenvalue weighted by Crippen LogP contribution is -2.40. The van der Waals surface area contributed by atoms with Gasteiger partial charge in [-0.3, -0.25) is 4.89 Å². The maximum absolute atomic E-state index is 11.9. The Morgan fingerprint density at radius 1 is 1.35 bits per heavy atom. The second kappa shape index (κ2) is 6.19. The van der Waals surface area contributed by atoms with Crippen molar-refractivity contribution in [2.75, 3.05) is 27.9 Å². The Morgan fingerprint density at radius 3 is 2.53 bits per heavy atom. The van der Waals surface area contributed by atoms with Gasteiger partial charge < -0.3 is 9.47 Å². The summed E-state index contributed by atoms with van der Waals surface area (Å²) in [5.74, 6) is -0.429. The molecule has 0 N–H and O–H groups in total. The van der Waals surface area contributed by atoms with E-state index in [9.17, 15) is 4.79 Å². The zero-order chi connectivity index (χ0) is 12.9. The second-order valence-electron chi connectivity index (χ2n) is 3.96. The van der Waals surface area contributed by atoms with E-state index in [0.29, 0.717) is 0 Å². The minimum atomic E-state index is -0.775. The zero-order valence-electron chi connectivity index (χ0n) is 10.8. The van der Waals surface area contributed by atoms with Crippen LogP contribution in [-0.4, -0.2) is 53.8 Å². The van der Waals surface area contributed by atoms with Crippen LogP contribution >= 0.6 is 11.8 Å². The van der Waals surface area contributed by atoms with Gasteiger partial charge in [-0.05, 0) is 6.42 Å². The first-order valence-corrected chi connectivity index (χ1v) is 7.85. The Balaban J connectivity index is 2.77. The Hall–Kier alpha value is -0.0831. The molecule has 7 heteroatoms. The average Bonchev–Trinajstić information content (AvgIpc) is 2.97. The maximum atomic E-state index is 11.9. The van der Waals surface area contributed by atoms with E-state index in [1.54, 1.807) is 14.2 Å². The molecule has 0 aromatic rings. The van der Waals surface area contributed by atoms with Gasteiger partial charge in [0, 0.05) is 24.5 Å². The van der Waals surface area contributed by atoms with Gasteiger partial charge >= 0.3 is 5.97 Å². The van der Waals surface area contributed by atoms with Crippen molar-refractivity contribution in [1.82, 2.24) is 0 Å². The van der Waals surface area contributed by atoms with Crippen LogP contribution in [0.3, 0.4) is 0 Å². The van der Waals surface area contributed by atoms with Gasteiger partial charge in [0.05, 0.1) is 13.7 Å². The number of hydrogen-bond acceptors (Lipinski definition) is 6. The van der Waals surface area contributed by atoms with Gasteiger partial charge in [-0.1, -0.05) is 12.5 Å². The van der Waals surface area contributed by atoms with Crippen LogP contribution in [0.25, 0.3) is 0 Å². The van der Waals surface area contributed by atoms with E-state index in [1.807, 2.05) is 0 Å². The Morgan fingerprint density at radius 2 is 2.06 bits per heavy atom. The fourth-order valence-corrected chi connectivity index (χ4v) is 3.79. The summed E-state index contributed by atoms with van der Waals surface area (Å²) in [6.45, 7) is 0.273. The van der Waals surface area contributed by atoms with E-state index in [1.165, 1.54) is 24.9 Å². The lowest BCUT2D eigenvalue weighted by atomic mass is 9.99. The highest BCUT2D eigenvalue weighted by molar-refractivity contribution is 8.10. The molecule has 2 unspecified atom stereocenters. The van der Waals surface area contributed by atoms with Crippen molar-refractivity contribution >= 4 is 28.0 Å². The monoisotopic (exact) mass is 280 g/mol. The molecule has 1 aliphatic heterocycles. The van der Waals surface area contributed by atoms with E-state index in [-0.39, 0.29) is 6.61 Å². The van der Waals surface area contributed by atoms with E-state index in [2.05, 4.69) is 9.78 Å². The van der Waals surface area contributed by atoms with Crippen molar-refractivity contribution in [3.05, 3.63) is 0 Å². The van der Waals surface area contributed by atoms with Crippen molar-refractivity contribution in [1.29, 1.82) is 0 Å². The first-order chi connectivity index (χ1) is 8.12. The number of carbonyl (C=O) groups excluding carboxylic acids is 1. The molecule has 0 aromatic carbocycles. The maximum Gasteiger partial charge on any atom is 0.364 e. The third-order valence-electron chi connectivity index (χ3n) is 2.94. The number of thioether (sulfide) groups is 1. The fraction of sp³-hybridized carbons (Fsp3) is 0.900. The average molecular weight is 280 g/mol. The molecule has 0 amide bonds. The standard InChI is InChI=1S/C10H20O5SSi/c1-12-7-9(8(11)15-14-3)10(13-2,16-9)5-4-6-17/h4-7H2,1-3,17H3. The van der Waals surface area contributed by atoms with Gasteiger partial charge in [0.2, 0.25) is 0 Å². The molecule has 2 atom stereocenters. The lowest BCUT2D eigenvalue weighted by molar-refractivity contribution is -0.259. The molecule has 0 bridgehead atoms. The van der Waals surface area contributed by atoms with Gasteiger partial charge in [-0.2, -0.15) is 4.89 Å². The molecule has 0 aliphatic carbocycles. The van der Waals surface area contributed by atoms with E-state index >= 15 is 0 Å². The van der Waals surface area contributed by atoms with Crippen molar-refractivity contribution in [2.24, 2.45) is 0 Å². The molecule has 1 heterocycles. The van der Waals surface area contributed by atoms with Crippen molar-refractivity contribution in [3.8, 4) is 0 Å². The predicted molar refractivity (Wildman–Crippen MR) is 69.0 cm³/mol. The molecule has 0 saturated carbocycles. The summed E-state index contributed by atoms with van der Waals surface area (Å²) in [5.41, 5.74) is 0. The molecule has 0 spiro atoms. The molecule has 0 aromatic heterocycles. The summed E-state index contributed by atoms with van der Waals surface area (Å²) in [7, 11) is 5.66. The largest absolute Gasteiger partial charge is 0.382 e. The lowest BCUT2D eigenvalue weighted by Gasteiger charge is -2.19. The highest BCUT2D eigenvalue weighted by atomic mass is 32.2. The highest BCUT2D eigenvalue weighted by Crippen LogP contribution is 2.67. The Bertz CT molecular complexity index is 277. The molecule has 5 nitrogen and oxygen atoms in total. The van der Waals surface area contributed by atoms with Crippen LogP contribution in [0.5, 0.6) is 0 Å². The normalized spacial score (nSPS) is 31.5.